The number of hydrogen-bond acceptors (Lipinski definition) is 1. The lowest BCUT2D eigenvalue weighted by atomic mass is 10.0. The SMILES string of the molecule is CC(OCc1ccc(CCc2ccccc2)cc1)c1ccc(F)cc1. The molecule has 0 spiro atoms. The van der Waals surface area contributed by atoms with Crippen LogP contribution in [-0.4, -0.2) is 0 Å². The molecule has 128 valence electrons. The molecule has 1 nitrogen and oxygen atoms in total. The smallest absolute Gasteiger partial charge is 0.123 e. The third-order valence-corrected chi connectivity index (χ3v) is 4.41. The van der Waals surface area contributed by atoms with Crippen LogP contribution in [0.15, 0.2) is 78.9 Å². The first-order valence-electron chi connectivity index (χ1n) is 8.69. The van der Waals surface area contributed by atoms with Crippen molar-refractivity contribution in [1.82, 2.24) is 0 Å². The molecule has 0 N–H and O–H groups in total. The van der Waals surface area contributed by atoms with E-state index in [4.69, 9.17) is 4.74 Å². The van der Waals surface area contributed by atoms with Gasteiger partial charge in [0, 0.05) is 0 Å². The third-order valence-electron chi connectivity index (χ3n) is 4.41. The van der Waals surface area contributed by atoms with Crippen LogP contribution < -0.4 is 0 Å². The molecule has 25 heavy (non-hydrogen) atoms. The second-order valence-corrected chi connectivity index (χ2v) is 6.31. The van der Waals surface area contributed by atoms with E-state index in [-0.39, 0.29) is 11.9 Å². The van der Waals surface area contributed by atoms with Crippen molar-refractivity contribution in [2.45, 2.75) is 32.5 Å². The van der Waals surface area contributed by atoms with Gasteiger partial charge in [-0.25, -0.2) is 4.39 Å². The Kier molecular flexibility index (Phi) is 5.97. The van der Waals surface area contributed by atoms with Crippen molar-refractivity contribution in [2.24, 2.45) is 0 Å². The predicted molar refractivity (Wildman–Crippen MR) is 99.9 cm³/mol. The zero-order chi connectivity index (χ0) is 17.5. The van der Waals surface area contributed by atoms with Crippen LogP contribution in [0.1, 0.15) is 35.3 Å². The molecule has 3 aromatic carbocycles. The molecular formula is C23H23FO. The summed E-state index contributed by atoms with van der Waals surface area (Å²) in [4.78, 5) is 0. The monoisotopic (exact) mass is 334 g/mol. The third kappa shape index (κ3) is 5.27. The minimum Gasteiger partial charge on any atom is -0.369 e. The van der Waals surface area contributed by atoms with Crippen LogP contribution in [0.2, 0.25) is 0 Å². The number of rotatable bonds is 7. The maximum absolute atomic E-state index is 13.0. The Morgan fingerprint density at radius 3 is 1.92 bits per heavy atom. The van der Waals surface area contributed by atoms with Gasteiger partial charge in [0.15, 0.2) is 0 Å². The molecule has 1 atom stereocenters. The van der Waals surface area contributed by atoms with Crippen molar-refractivity contribution in [3.8, 4) is 0 Å². The van der Waals surface area contributed by atoms with Gasteiger partial charge in [-0.2, -0.15) is 0 Å². The highest BCUT2D eigenvalue weighted by molar-refractivity contribution is 5.24. The predicted octanol–water partition coefficient (Wildman–Crippen LogP) is 5.89. The molecule has 0 fully saturated rings. The molecule has 3 aromatic rings. The Morgan fingerprint density at radius 1 is 0.720 bits per heavy atom. The van der Waals surface area contributed by atoms with Crippen LogP contribution in [-0.2, 0) is 24.2 Å². The van der Waals surface area contributed by atoms with Gasteiger partial charge in [0.1, 0.15) is 5.82 Å². The number of benzene rings is 3. The zero-order valence-electron chi connectivity index (χ0n) is 14.5. The van der Waals surface area contributed by atoms with Crippen LogP contribution in [0.3, 0.4) is 0 Å². The fourth-order valence-corrected chi connectivity index (χ4v) is 2.79. The normalized spacial score (nSPS) is 12.1. The molecule has 0 saturated carbocycles. The summed E-state index contributed by atoms with van der Waals surface area (Å²) in [6, 6.07) is 25.6. The standard InChI is InChI=1S/C23H23FO/c1-18(22-13-15-23(24)16-14-22)25-17-21-11-9-20(10-12-21)8-7-19-5-3-2-4-6-19/h2-6,9-16,18H,7-8,17H2,1H3. The van der Waals surface area contributed by atoms with Crippen LogP contribution in [0.25, 0.3) is 0 Å². The lowest BCUT2D eigenvalue weighted by Gasteiger charge is -2.14. The highest BCUT2D eigenvalue weighted by atomic mass is 19.1. The quantitative estimate of drug-likeness (QED) is 0.523. The zero-order valence-corrected chi connectivity index (χ0v) is 14.5. The molecule has 0 aliphatic carbocycles. The average molecular weight is 334 g/mol. The molecular weight excluding hydrogens is 311 g/mol. The van der Waals surface area contributed by atoms with Gasteiger partial charge in [-0.15, -0.1) is 0 Å². The first-order chi connectivity index (χ1) is 12.2. The van der Waals surface area contributed by atoms with Gasteiger partial charge in [0.25, 0.3) is 0 Å². The van der Waals surface area contributed by atoms with E-state index in [2.05, 4.69) is 48.5 Å². The summed E-state index contributed by atoms with van der Waals surface area (Å²) in [7, 11) is 0. The minimum absolute atomic E-state index is 0.0571. The number of ether oxygens (including phenoxy) is 1. The molecule has 3 rings (SSSR count). The van der Waals surface area contributed by atoms with Crippen molar-refractivity contribution in [3.05, 3.63) is 107 Å². The van der Waals surface area contributed by atoms with E-state index in [1.54, 1.807) is 12.1 Å². The largest absolute Gasteiger partial charge is 0.369 e. The maximum Gasteiger partial charge on any atom is 0.123 e. The summed E-state index contributed by atoms with van der Waals surface area (Å²) in [5.74, 6) is -0.220. The van der Waals surface area contributed by atoms with E-state index in [1.807, 2.05) is 13.0 Å². The fraction of sp³-hybridized carbons (Fsp3) is 0.217. The van der Waals surface area contributed by atoms with Crippen LogP contribution in [0.4, 0.5) is 4.39 Å². The first-order valence-corrected chi connectivity index (χ1v) is 8.69. The number of hydrogen-bond donors (Lipinski definition) is 0. The van der Waals surface area contributed by atoms with Crippen LogP contribution >= 0.6 is 0 Å². The second kappa shape index (κ2) is 8.59. The number of aryl methyl sites for hydroxylation is 2. The fourth-order valence-electron chi connectivity index (χ4n) is 2.79. The van der Waals surface area contributed by atoms with Crippen molar-refractivity contribution in [1.29, 1.82) is 0 Å². The van der Waals surface area contributed by atoms with E-state index < -0.39 is 0 Å². The van der Waals surface area contributed by atoms with Gasteiger partial charge in [-0.1, -0.05) is 66.7 Å². The Balaban J connectivity index is 1.49. The van der Waals surface area contributed by atoms with E-state index in [0.29, 0.717) is 6.61 Å². The summed E-state index contributed by atoms with van der Waals surface area (Å²) < 4.78 is 18.9. The highest BCUT2D eigenvalue weighted by Crippen LogP contribution is 2.19. The van der Waals surface area contributed by atoms with Crippen molar-refractivity contribution >= 4 is 0 Å². The van der Waals surface area contributed by atoms with Crippen LogP contribution in [0, 0.1) is 5.82 Å². The first kappa shape index (κ1) is 17.4. The van der Waals surface area contributed by atoms with Gasteiger partial charge in [0.2, 0.25) is 0 Å². The van der Waals surface area contributed by atoms with E-state index in [9.17, 15) is 4.39 Å². The van der Waals surface area contributed by atoms with Crippen molar-refractivity contribution < 1.29 is 9.13 Å². The summed E-state index contributed by atoms with van der Waals surface area (Å²) in [6.45, 7) is 2.54. The van der Waals surface area contributed by atoms with Gasteiger partial charge in [-0.3, -0.25) is 0 Å². The van der Waals surface area contributed by atoms with Crippen molar-refractivity contribution in [3.63, 3.8) is 0 Å². The Morgan fingerprint density at radius 2 is 1.28 bits per heavy atom. The molecule has 0 saturated heterocycles. The lowest BCUT2D eigenvalue weighted by molar-refractivity contribution is 0.0525. The van der Waals surface area contributed by atoms with Gasteiger partial charge < -0.3 is 4.74 Å². The molecule has 0 aromatic heterocycles. The summed E-state index contributed by atoms with van der Waals surface area (Å²) in [6.07, 6.45) is 2.04. The van der Waals surface area contributed by atoms with Crippen molar-refractivity contribution in [2.75, 3.05) is 0 Å². The summed E-state index contributed by atoms with van der Waals surface area (Å²) in [5, 5.41) is 0. The van der Waals surface area contributed by atoms with Gasteiger partial charge >= 0.3 is 0 Å². The average Bonchev–Trinajstić information content (AvgIpc) is 2.67. The highest BCUT2D eigenvalue weighted by Gasteiger charge is 2.06. The van der Waals surface area contributed by atoms with Gasteiger partial charge in [-0.05, 0) is 54.2 Å². The van der Waals surface area contributed by atoms with E-state index in [1.165, 1.54) is 23.3 Å². The molecule has 2 heteroatoms. The Bertz CT molecular complexity index is 763. The van der Waals surface area contributed by atoms with Gasteiger partial charge in [0.05, 0.1) is 12.7 Å². The summed E-state index contributed by atoms with van der Waals surface area (Å²) >= 11 is 0. The molecule has 0 bridgehead atoms. The number of halogens is 1. The van der Waals surface area contributed by atoms with E-state index >= 15 is 0 Å². The molecule has 0 radical (unpaired) electrons. The topological polar surface area (TPSA) is 9.23 Å². The second-order valence-electron chi connectivity index (χ2n) is 6.31. The maximum atomic E-state index is 13.0. The minimum atomic E-state index is -0.220. The summed E-state index contributed by atoms with van der Waals surface area (Å²) in [5.41, 5.74) is 4.83. The molecule has 1 unspecified atom stereocenters. The Hall–Kier alpha value is -2.45. The molecule has 0 amide bonds. The molecule has 0 aliphatic heterocycles. The lowest BCUT2D eigenvalue weighted by Crippen LogP contribution is -2.01. The van der Waals surface area contributed by atoms with E-state index in [0.717, 1.165) is 24.0 Å². The Labute approximate surface area is 149 Å². The molecule has 0 heterocycles. The molecule has 0 aliphatic rings. The van der Waals surface area contributed by atoms with Crippen LogP contribution in [0.5, 0.6) is 0 Å².